The summed E-state index contributed by atoms with van der Waals surface area (Å²) in [6, 6.07) is 0. The Balaban J connectivity index is 0. The van der Waals surface area contributed by atoms with Crippen molar-refractivity contribution in [1.29, 1.82) is 0 Å². The maximum Gasteiger partial charge on any atom is -0.0443 e. The molecule has 2 aliphatic carbocycles. The van der Waals surface area contributed by atoms with Crippen molar-refractivity contribution in [3.05, 3.63) is 13.2 Å². The molecule has 2 rings (SSSR count). The predicted molar refractivity (Wildman–Crippen MR) is 73.3 cm³/mol. The Morgan fingerprint density at radius 1 is 0.667 bits per heavy atom. The van der Waals surface area contributed by atoms with Crippen LogP contribution in [0.1, 0.15) is 78.6 Å². The normalized spacial score (nSPS) is 18.9. The van der Waals surface area contributed by atoms with Crippen molar-refractivity contribution in [3.8, 4) is 0 Å². The van der Waals surface area contributed by atoms with Crippen LogP contribution in [0.5, 0.6) is 0 Å². The molecule has 0 radical (unpaired) electrons. The first kappa shape index (κ1) is 17.1. The van der Waals surface area contributed by atoms with Gasteiger partial charge in [0.15, 0.2) is 0 Å². The molecule has 0 aromatic carbocycles. The zero-order valence-electron chi connectivity index (χ0n) is 11.4. The summed E-state index contributed by atoms with van der Waals surface area (Å²) in [5.74, 6) is 1.05. The minimum absolute atomic E-state index is 1.05. The van der Waals surface area contributed by atoms with Crippen LogP contribution in [0.4, 0.5) is 0 Å². The third-order valence-corrected chi connectivity index (χ3v) is 2.89. The van der Waals surface area contributed by atoms with Gasteiger partial charge in [-0.2, -0.15) is 0 Å². The monoisotopic (exact) mass is 212 g/mol. The van der Waals surface area contributed by atoms with Crippen molar-refractivity contribution in [2.24, 2.45) is 5.92 Å². The first-order chi connectivity index (χ1) is 7.39. The van der Waals surface area contributed by atoms with Crippen molar-refractivity contribution < 1.29 is 0 Å². The third kappa shape index (κ3) is 13.7. The van der Waals surface area contributed by atoms with Gasteiger partial charge in [-0.15, -0.1) is 13.2 Å². The first-order valence-electron chi connectivity index (χ1n) is 6.89. The Kier molecular flexibility index (Phi) is 18.5. The molecular formula is C15H32. The summed E-state index contributed by atoms with van der Waals surface area (Å²) >= 11 is 0. The van der Waals surface area contributed by atoms with Crippen molar-refractivity contribution in [3.63, 3.8) is 0 Å². The molecule has 0 heteroatoms. The Morgan fingerprint density at radius 2 is 0.933 bits per heavy atom. The summed E-state index contributed by atoms with van der Waals surface area (Å²) in [6.07, 6.45) is 13.4. The van der Waals surface area contributed by atoms with Gasteiger partial charge in [0.25, 0.3) is 0 Å². The van der Waals surface area contributed by atoms with Gasteiger partial charge in [0.2, 0.25) is 0 Å². The third-order valence-electron chi connectivity index (χ3n) is 2.89. The SMILES string of the molecule is C1CCCC1.C=C.CC.CC1CCCC1. The van der Waals surface area contributed by atoms with E-state index in [2.05, 4.69) is 20.1 Å². The second-order valence-corrected chi connectivity index (χ2v) is 4.16. The lowest BCUT2D eigenvalue weighted by atomic mass is 10.2. The lowest BCUT2D eigenvalue weighted by Crippen LogP contribution is -1.78. The Labute approximate surface area is 98.2 Å². The lowest BCUT2D eigenvalue weighted by molar-refractivity contribution is 0.612. The van der Waals surface area contributed by atoms with Crippen LogP contribution in [-0.4, -0.2) is 0 Å². The highest BCUT2D eigenvalue weighted by Crippen LogP contribution is 2.22. The summed E-state index contributed by atoms with van der Waals surface area (Å²) < 4.78 is 0. The zero-order chi connectivity index (χ0) is 11.9. The highest BCUT2D eigenvalue weighted by atomic mass is 14.1. The second kappa shape index (κ2) is 16.2. The standard InChI is InChI=1S/C6H12.C5H10.C2H6.C2H4/c1-6-4-2-3-5-6;1-2-4-5-3-1;2*1-2/h6H,2-5H2,1H3;1-5H2;1-2H3;1-2H2. The molecule has 0 heterocycles. The molecule has 0 amide bonds. The zero-order valence-corrected chi connectivity index (χ0v) is 11.4. The highest BCUT2D eigenvalue weighted by Gasteiger charge is 2.07. The molecule has 0 saturated heterocycles. The number of hydrogen-bond acceptors (Lipinski definition) is 0. The topological polar surface area (TPSA) is 0 Å². The smallest absolute Gasteiger partial charge is 0.0443 e. The van der Waals surface area contributed by atoms with E-state index in [1.807, 2.05) is 13.8 Å². The molecule has 0 aromatic rings. The highest BCUT2D eigenvalue weighted by molar-refractivity contribution is 4.60. The summed E-state index contributed by atoms with van der Waals surface area (Å²) in [5.41, 5.74) is 0. The average molecular weight is 212 g/mol. The molecule has 0 aliphatic heterocycles. The van der Waals surface area contributed by atoms with Gasteiger partial charge in [-0.3, -0.25) is 0 Å². The molecule has 0 bridgehead atoms. The first-order valence-corrected chi connectivity index (χ1v) is 6.89. The van der Waals surface area contributed by atoms with Crippen molar-refractivity contribution in [2.45, 2.75) is 78.6 Å². The van der Waals surface area contributed by atoms with Crippen LogP contribution in [0.25, 0.3) is 0 Å². The predicted octanol–water partition coefficient (Wildman–Crippen LogP) is 5.98. The molecule has 0 N–H and O–H groups in total. The van der Waals surface area contributed by atoms with E-state index in [1.165, 1.54) is 57.8 Å². The van der Waals surface area contributed by atoms with E-state index in [1.54, 1.807) is 0 Å². The molecule has 2 saturated carbocycles. The molecule has 0 unspecified atom stereocenters. The van der Waals surface area contributed by atoms with Gasteiger partial charge in [0, 0.05) is 0 Å². The van der Waals surface area contributed by atoms with Crippen molar-refractivity contribution in [2.75, 3.05) is 0 Å². The Bertz CT molecular complexity index is 78.6. The second-order valence-electron chi connectivity index (χ2n) is 4.16. The maximum absolute atomic E-state index is 3.00. The van der Waals surface area contributed by atoms with Crippen LogP contribution in [0.3, 0.4) is 0 Å². The molecule has 92 valence electrons. The molecule has 0 spiro atoms. The van der Waals surface area contributed by atoms with Gasteiger partial charge in [-0.05, 0) is 5.92 Å². The maximum atomic E-state index is 3.00. The molecule has 15 heavy (non-hydrogen) atoms. The van der Waals surface area contributed by atoms with Gasteiger partial charge >= 0.3 is 0 Å². The van der Waals surface area contributed by atoms with E-state index in [9.17, 15) is 0 Å². The van der Waals surface area contributed by atoms with E-state index in [0.717, 1.165) is 5.92 Å². The molecule has 2 fully saturated rings. The van der Waals surface area contributed by atoms with Gasteiger partial charge in [0.1, 0.15) is 0 Å². The summed E-state index contributed by atoms with van der Waals surface area (Å²) in [6.45, 7) is 12.3. The van der Waals surface area contributed by atoms with E-state index in [0.29, 0.717) is 0 Å². The van der Waals surface area contributed by atoms with Crippen LogP contribution >= 0.6 is 0 Å². The average Bonchev–Trinajstić information content (AvgIpc) is 2.98. The van der Waals surface area contributed by atoms with E-state index >= 15 is 0 Å². The fourth-order valence-electron chi connectivity index (χ4n) is 2.01. The lowest BCUT2D eigenvalue weighted by Gasteiger charge is -1.91. The molecule has 0 aromatic heterocycles. The largest absolute Gasteiger partial charge is 0.106 e. The molecule has 0 nitrogen and oxygen atoms in total. The van der Waals surface area contributed by atoms with Gasteiger partial charge in [0.05, 0.1) is 0 Å². The van der Waals surface area contributed by atoms with Crippen LogP contribution in [-0.2, 0) is 0 Å². The fourth-order valence-corrected chi connectivity index (χ4v) is 2.01. The van der Waals surface area contributed by atoms with Gasteiger partial charge in [-0.25, -0.2) is 0 Å². The Morgan fingerprint density at radius 3 is 1.07 bits per heavy atom. The van der Waals surface area contributed by atoms with Crippen LogP contribution < -0.4 is 0 Å². The van der Waals surface area contributed by atoms with Gasteiger partial charge in [-0.1, -0.05) is 78.6 Å². The van der Waals surface area contributed by atoms with Crippen LogP contribution in [0.2, 0.25) is 0 Å². The number of rotatable bonds is 0. The minimum Gasteiger partial charge on any atom is -0.106 e. The molecule has 2 aliphatic rings. The minimum atomic E-state index is 1.05. The quantitative estimate of drug-likeness (QED) is 0.434. The van der Waals surface area contributed by atoms with E-state index < -0.39 is 0 Å². The molecular weight excluding hydrogens is 180 g/mol. The summed E-state index contributed by atoms with van der Waals surface area (Å²) in [4.78, 5) is 0. The summed E-state index contributed by atoms with van der Waals surface area (Å²) in [7, 11) is 0. The van der Waals surface area contributed by atoms with E-state index in [4.69, 9.17) is 0 Å². The number of hydrogen-bond donors (Lipinski definition) is 0. The summed E-state index contributed by atoms with van der Waals surface area (Å²) in [5, 5.41) is 0. The Hall–Kier alpha value is -0.260. The fraction of sp³-hybridized carbons (Fsp3) is 0.867. The molecule has 0 atom stereocenters. The van der Waals surface area contributed by atoms with Gasteiger partial charge < -0.3 is 0 Å². The van der Waals surface area contributed by atoms with Crippen LogP contribution in [0.15, 0.2) is 13.2 Å². The van der Waals surface area contributed by atoms with Crippen molar-refractivity contribution >= 4 is 0 Å². The van der Waals surface area contributed by atoms with Crippen LogP contribution in [0, 0.1) is 5.92 Å². The van der Waals surface area contributed by atoms with E-state index in [-0.39, 0.29) is 0 Å². The van der Waals surface area contributed by atoms with Crippen molar-refractivity contribution in [1.82, 2.24) is 0 Å².